The number of hydrogen-bond acceptors (Lipinski definition) is 2. The molecule has 0 aliphatic carbocycles. The third-order valence-corrected chi connectivity index (χ3v) is 4.38. The van der Waals surface area contributed by atoms with Gasteiger partial charge in [-0.2, -0.15) is 0 Å². The molecule has 2 atom stereocenters. The molecule has 1 aromatic carbocycles. The van der Waals surface area contributed by atoms with Crippen molar-refractivity contribution in [1.82, 2.24) is 5.32 Å². The van der Waals surface area contributed by atoms with Crippen LogP contribution in [-0.4, -0.2) is 25.2 Å². The van der Waals surface area contributed by atoms with Gasteiger partial charge in [-0.1, -0.05) is 17.7 Å². The van der Waals surface area contributed by atoms with Crippen molar-refractivity contribution >= 4 is 33.2 Å². The van der Waals surface area contributed by atoms with Gasteiger partial charge in [0.25, 0.3) is 0 Å². The zero-order valence-electron chi connectivity index (χ0n) is 9.50. The molecule has 0 amide bonds. The summed E-state index contributed by atoms with van der Waals surface area (Å²) in [5.74, 6) is 0. The number of nitrogens with one attached hydrogen (secondary N) is 1. The Labute approximate surface area is 110 Å². The average molecular weight is 304 g/mol. The minimum atomic E-state index is 0.492. The van der Waals surface area contributed by atoms with Crippen molar-refractivity contribution in [3.63, 3.8) is 0 Å². The zero-order valence-corrected chi connectivity index (χ0v) is 11.8. The lowest BCUT2D eigenvalue weighted by atomic mass is 10.1. The van der Waals surface area contributed by atoms with Crippen LogP contribution in [-0.2, 0) is 0 Å². The van der Waals surface area contributed by atoms with E-state index in [4.69, 9.17) is 11.6 Å². The van der Waals surface area contributed by atoms with Gasteiger partial charge in [-0.05, 0) is 41.9 Å². The normalized spacial score (nSPS) is 25.9. The van der Waals surface area contributed by atoms with E-state index in [9.17, 15) is 0 Å². The lowest BCUT2D eigenvalue weighted by Gasteiger charge is -2.39. The number of piperazine rings is 1. The van der Waals surface area contributed by atoms with Gasteiger partial charge >= 0.3 is 0 Å². The highest BCUT2D eigenvalue weighted by atomic mass is 79.9. The summed E-state index contributed by atoms with van der Waals surface area (Å²) in [6.45, 7) is 6.46. The molecule has 2 rings (SSSR count). The second kappa shape index (κ2) is 4.94. The number of rotatable bonds is 1. The van der Waals surface area contributed by atoms with E-state index in [-0.39, 0.29) is 0 Å². The smallest absolute Gasteiger partial charge is 0.0595 e. The highest BCUT2D eigenvalue weighted by Crippen LogP contribution is 2.34. The maximum atomic E-state index is 6.13. The fourth-order valence-electron chi connectivity index (χ4n) is 2.07. The lowest BCUT2D eigenvalue weighted by Crippen LogP contribution is -2.54. The molecule has 0 spiro atoms. The van der Waals surface area contributed by atoms with Gasteiger partial charge in [0.15, 0.2) is 0 Å². The number of anilines is 1. The number of nitrogens with zero attached hydrogens (tertiary/aromatic N) is 1. The van der Waals surface area contributed by atoms with Gasteiger partial charge in [0, 0.05) is 25.2 Å². The molecule has 16 heavy (non-hydrogen) atoms. The summed E-state index contributed by atoms with van der Waals surface area (Å²) in [6, 6.07) is 7.03. The summed E-state index contributed by atoms with van der Waals surface area (Å²) < 4.78 is 0.998. The van der Waals surface area contributed by atoms with Crippen molar-refractivity contribution in [2.45, 2.75) is 25.9 Å². The number of benzene rings is 1. The molecule has 0 radical (unpaired) electrons. The minimum Gasteiger partial charge on any atom is -0.365 e. The van der Waals surface area contributed by atoms with E-state index in [1.165, 1.54) is 5.69 Å². The van der Waals surface area contributed by atoms with Crippen molar-refractivity contribution in [2.75, 3.05) is 18.0 Å². The van der Waals surface area contributed by atoms with Crippen LogP contribution in [0.2, 0.25) is 5.02 Å². The predicted molar refractivity (Wildman–Crippen MR) is 73.4 cm³/mol. The number of hydrogen-bond donors (Lipinski definition) is 1. The molecule has 1 saturated heterocycles. The van der Waals surface area contributed by atoms with Crippen molar-refractivity contribution < 1.29 is 0 Å². The Bertz CT molecular complexity index is 383. The highest BCUT2D eigenvalue weighted by molar-refractivity contribution is 9.10. The third kappa shape index (κ3) is 2.36. The van der Waals surface area contributed by atoms with Crippen LogP contribution in [0.1, 0.15) is 13.8 Å². The zero-order chi connectivity index (χ0) is 11.7. The molecular formula is C12H16BrClN2. The standard InChI is InChI=1S/C12H16BrClN2/c1-8-7-16(9(2)6-15-8)11-5-3-4-10(14)12(11)13/h3-5,8-9,15H,6-7H2,1-2H3. The minimum absolute atomic E-state index is 0.492. The molecule has 88 valence electrons. The van der Waals surface area contributed by atoms with Crippen LogP contribution in [0.5, 0.6) is 0 Å². The Hall–Kier alpha value is -0.250. The molecule has 1 aliphatic heterocycles. The van der Waals surface area contributed by atoms with E-state index in [1.807, 2.05) is 12.1 Å². The summed E-state index contributed by atoms with van der Waals surface area (Å²) >= 11 is 9.70. The molecule has 4 heteroatoms. The van der Waals surface area contributed by atoms with Crippen LogP contribution in [0.4, 0.5) is 5.69 Å². The topological polar surface area (TPSA) is 15.3 Å². The monoisotopic (exact) mass is 302 g/mol. The molecule has 2 nitrogen and oxygen atoms in total. The van der Waals surface area contributed by atoms with Crippen molar-refractivity contribution in [2.24, 2.45) is 0 Å². The van der Waals surface area contributed by atoms with Gasteiger partial charge in [0.1, 0.15) is 0 Å². The Morgan fingerprint density at radius 3 is 2.94 bits per heavy atom. The summed E-state index contributed by atoms with van der Waals surface area (Å²) in [5, 5.41) is 4.25. The van der Waals surface area contributed by atoms with Gasteiger partial charge in [0.2, 0.25) is 0 Å². The van der Waals surface area contributed by atoms with E-state index in [0.29, 0.717) is 12.1 Å². The molecule has 1 aliphatic rings. The highest BCUT2D eigenvalue weighted by Gasteiger charge is 2.24. The quantitative estimate of drug-likeness (QED) is 0.856. The lowest BCUT2D eigenvalue weighted by molar-refractivity contribution is 0.425. The second-order valence-corrected chi connectivity index (χ2v) is 5.58. The summed E-state index contributed by atoms with van der Waals surface area (Å²) in [6.07, 6.45) is 0. The molecule has 1 aromatic rings. The maximum absolute atomic E-state index is 6.13. The van der Waals surface area contributed by atoms with Crippen molar-refractivity contribution in [1.29, 1.82) is 0 Å². The molecule has 0 aromatic heterocycles. The number of halogens is 2. The molecule has 1 heterocycles. The van der Waals surface area contributed by atoms with E-state index < -0.39 is 0 Å². The Morgan fingerprint density at radius 2 is 2.19 bits per heavy atom. The molecule has 1 N–H and O–H groups in total. The second-order valence-electron chi connectivity index (χ2n) is 4.38. The third-order valence-electron chi connectivity index (χ3n) is 3.00. The molecule has 1 fully saturated rings. The van der Waals surface area contributed by atoms with E-state index in [1.54, 1.807) is 0 Å². The molecular weight excluding hydrogens is 288 g/mol. The van der Waals surface area contributed by atoms with Gasteiger partial charge in [-0.25, -0.2) is 0 Å². The van der Waals surface area contributed by atoms with Crippen molar-refractivity contribution in [3.05, 3.63) is 27.7 Å². The van der Waals surface area contributed by atoms with Crippen LogP contribution < -0.4 is 10.2 Å². The SMILES string of the molecule is CC1CN(c2cccc(Cl)c2Br)C(C)CN1. The van der Waals surface area contributed by atoms with Crippen LogP contribution in [0.25, 0.3) is 0 Å². The largest absolute Gasteiger partial charge is 0.365 e. The van der Waals surface area contributed by atoms with Gasteiger partial charge in [-0.15, -0.1) is 0 Å². The summed E-state index contributed by atoms with van der Waals surface area (Å²) in [4.78, 5) is 2.40. The van der Waals surface area contributed by atoms with Gasteiger partial charge < -0.3 is 10.2 Å². The van der Waals surface area contributed by atoms with Crippen LogP contribution in [0, 0.1) is 0 Å². The molecule has 2 unspecified atom stereocenters. The Balaban J connectivity index is 2.31. The van der Waals surface area contributed by atoms with Crippen molar-refractivity contribution in [3.8, 4) is 0 Å². The average Bonchev–Trinajstić information content (AvgIpc) is 2.26. The van der Waals surface area contributed by atoms with Gasteiger partial charge in [-0.3, -0.25) is 0 Å². The van der Waals surface area contributed by atoms with E-state index in [2.05, 4.69) is 46.1 Å². The van der Waals surface area contributed by atoms with Crippen LogP contribution >= 0.6 is 27.5 Å². The summed E-state index contributed by atoms with van der Waals surface area (Å²) in [5.41, 5.74) is 1.19. The fraction of sp³-hybridized carbons (Fsp3) is 0.500. The van der Waals surface area contributed by atoms with Crippen LogP contribution in [0.3, 0.4) is 0 Å². The maximum Gasteiger partial charge on any atom is 0.0595 e. The first-order valence-corrected chi connectivity index (χ1v) is 6.70. The predicted octanol–water partition coefficient (Wildman–Crippen LogP) is 3.29. The first kappa shape index (κ1) is 12.2. The first-order chi connectivity index (χ1) is 7.59. The Kier molecular flexibility index (Phi) is 3.77. The van der Waals surface area contributed by atoms with Gasteiger partial charge in [0.05, 0.1) is 15.2 Å². The first-order valence-electron chi connectivity index (χ1n) is 5.53. The Morgan fingerprint density at radius 1 is 1.44 bits per heavy atom. The van der Waals surface area contributed by atoms with E-state index >= 15 is 0 Å². The molecule has 0 saturated carbocycles. The van der Waals surface area contributed by atoms with E-state index in [0.717, 1.165) is 22.6 Å². The fourth-order valence-corrected chi connectivity index (χ4v) is 2.73. The molecule has 0 bridgehead atoms. The summed E-state index contributed by atoms with van der Waals surface area (Å²) in [7, 11) is 0. The van der Waals surface area contributed by atoms with Crippen LogP contribution in [0.15, 0.2) is 22.7 Å².